The molecule has 1 atom stereocenters. The summed E-state index contributed by atoms with van der Waals surface area (Å²) in [6, 6.07) is -0.554. The van der Waals surface area contributed by atoms with Crippen LogP contribution in [-0.4, -0.2) is 29.6 Å². The van der Waals surface area contributed by atoms with Crippen molar-refractivity contribution in [1.29, 1.82) is 0 Å². The molecule has 5 heteroatoms. The number of hydrogen-bond donors (Lipinski definition) is 3. The number of aliphatic carboxylic acids is 1. The molecule has 0 aromatic heterocycles. The van der Waals surface area contributed by atoms with Gasteiger partial charge in [-0.05, 0) is 19.3 Å². The predicted molar refractivity (Wildman–Crippen MR) is 57.3 cm³/mol. The van der Waals surface area contributed by atoms with Gasteiger partial charge in [0.05, 0.1) is 6.04 Å². The fourth-order valence-electron chi connectivity index (χ4n) is 1.03. The summed E-state index contributed by atoms with van der Waals surface area (Å²) in [5.41, 5.74) is 5.51. The zero-order chi connectivity index (χ0) is 11.7. The number of carbonyl (C=O) groups excluding carboxylic acids is 1. The van der Waals surface area contributed by atoms with Crippen LogP contribution in [0.3, 0.4) is 0 Å². The first-order valence-corrected chi connectivity index (χ1v) is 4.94. The Morgan fingerprint density at radius 1 is 1.47 bits per heavy atom. The zero-order valence-corrected chi connectivity index (χ0v) is 8.74. The summed E-state index contributed by atoms with van der Waals surface area (Å²) in [6.07, 6.45) is 3.38. The quantitative estimate of drug-likeness (QED) is 0.399. The van der Waals surface area contributed by atoms with E-state index < -0.39 is 12.0 Å². The molecule has 0 heterocycles. The Morgan fingerprint density at radius 3 is 2.67 bits per heavy atom. The van der Waals surface area contributed by atoms with Crippen molar-refractivity contribution in [2.75, 3.05) is 6.54 Å². The van der Waals surface area contributed by atoms with Crippen LogP contribution in [0.15, 0.2) is 12.7 Å². The first-order valence-electron chi connectivity index (χ1n) is 4.94. The molecular weight excluding hydrogens is 196 g/mol. The van der Waals surface area contributed by atoms with Gasteiger partial charge in [0.2, 0.25) is 5.91 Å². The predicted octanol–water partition coefficient (Wildman–Crippen LogP) is 0.261. The molecule has 4 N–H and O–H groups in total. The smallest absolute Gasteiger partial charge is 0.303 e. The van der Waals surface area contributed by atoms with E-state index in [0.29, 0.717) is 25.8 Å². The molecule has 5 nitrogen and oxygen atoms in total. The standard InChI is InChI=1S/C10H18N2O3/c1-2-5-8(11)10(15)12-7-4-3-6-9(13)14/h2,8H,1,3-7,11H2,(H,12,15)(H,13,14). The van der Waals surface area contributed by atoms with Crippen LogP contribution in [0.4, 0.5) is 0 Å². The van der Waals surface area contributed by atoms with Gasteiger partial charge in [-0.15, -0.1) is 6.58 Å². The van der Waals surface area contributed by atoms with Gasteiger partial charge in [-0.2, -0.15) is 0 Å². The molecule has 0 radical (unpaired) electrons. The van der Waals surface area contributed by atoms with E-state index in [1.54, 1.807) is 6.08 Å². The third kappa shape index (κ3) is 7.69. The molecule has 0 bridgehead atoms. The molecule has 0 aliphatic heterocycles. The molecule has 15 heavy (non-hydrogen) atoms. The molecule has 0 rings (SSSR count). The van der Waals surface area contributed by atoms with E-state index in [-0.39, 0.29) is 12.3 Å². The molecule has 0 fully saturated rings. The minimum atomic E-state index is -0.815. The highest BCUT2D eigenvalue weighted by molar-refractivity contribution is 5.81. The summed E-state index contributed by atoms with van der Waals surface area (Å²) < 4.78 is 0. The van der Waals surface area contributed by atoms with Gasteiger partial charge in [0, 0.05) is 13.0 Å². The first-order chi connectivity index (χ1) is 7.07. The summed E-state index contributed by atoms with van der Waals surface area (Å²) >= 11 is 0. The number of carboxylic acid groups (broad SMARTS) is 1. The summed E-state index contributed by atoms with van der Waals surface area (Å²) in [5, 5.41) is 11.0. The van der Waals surface area contributed by atoms with Crippen LogP contribution in [0.1, 0.15) is 25.7 Å². The molecule has 0 aromatic carbocycles. The van der Waals surface area contributed by atoms with E-state index in [4.69, 9.17) is 10.8 Å². The van der Waals surface area contributed by atoms with E-state index >= 15 is 0 Å². The zero-order valence-electron chi connectivity index (χ0n) is 8.74. The number of unbranched alkanes of at least 4 members (excludes halogenated alkanes) is 1. The molecule has 0 aliphatic rings. The molecule has 0 saturated carbocycles. The number of amides is 1. The molecule has 0 saturated heterocycles. The normalized spacial score (nSPS) is 11.8. The number of nitrogens with two attached hydrogens (primary N) is 1. The second kappa shape index (κ2) is 7.99. The van der Waals surface area contributed by atoms with Crippen molar-refractivity contribution in [1.82, 2.24) is 5.32 Å². The van der Waals surface area contributed by atoms with Crippen LogP contribution in [0, 0.1) is 0 Å². The van der Waals surface area contributed by atoms with Gasteiger partial charge in [-0.25, -0.2) is 0 Å². The highest BCUT2D eigenvalue weighted by Crippen LogP contribution is 1.94. The Morgan fingerprint density at radius 2 is 2.13 bits per heavy atom. The summed E-state index contributed by atoms with van der Waals surface area (Å²) in [7, 11) is 0. The third-order valence-corrected chi connectivity index (χ3v) is 1.87. The second-order valence-electron chi connectivity index (χ2n) is 3.27. The van der Waals surface area contributed by atoms with Crippen LogP contribution < -0.4 is 11.1 Å². The summed E-state index contributed by atoms with van der Waals surface area (Å²) in [4.78, 5) is 21.4. The van der Waals surface area contributed by atoms with E-state index in [2.05, 4.69) is 11.9 Å². The van der Waals surface area contributed by atoms with E-state index in [1.165, 1.54) is 0 Å². The Labute approximate surface area is 89.3 Å². The van der Waals surface area contributed by atoms with Crippen LogP contribution in [0.5, 0.6) is 0 Å². The van der Waals surface area contributed by atoms with Gasteiger partial charge in [0.1, 0.15) is 0 Å². The van der Waals surface area contributed by atoms with Crippen molar-refractivity contribution in [3.05, 3.63) is 12.7 Å². The van der Waals surface area contributed by atoms with E-state index in [9.17, 15) is 9.59 Å². The number of carbonyl (C=O) groups is 2. The average molecular weight is 214 g/mol. The lowest BCUT2D eigenvalue weighted by Gasteiger charge is -2.09. The van der Waals surface area contributed by atoms with E-state index in [0.717, 1.165) is 0 Å². The molecule has 1 unspecified atom stereocenters. The fraction of sp³-hybridized carbons (Fsp3) is 0.600. The van der Waals surface area contributed by atoms with Crippen LogP contribution in [0.2, 0.25) is 0 Å². The van der Waals surface area contributed by atoms with Gasteiger partial charge in [0.25, 0.3) is 0 Å². The van der Waals surface area contributed by atoms with Gasteiger partial charge >= 0.3 is 5.97 Å². The van der Waals surface area contributed by atoms with Crippen molar-refractivity contribution < 1.29 is 14.7 Å². The van der Waals surface area contributed by atoms with Crippen molar-refractivity contribution in [2.24, 2.45) is 5.73 Å². The molecule has 0 aliphatic carbocycles. The SMILES string of the molecule is C=CCC(N)C(=O)NCCCCC(=O)O. The number of hydrogen-bond acceptors (Lipinski definition) is 3. The van der Waals surface area contributed by atoms with Crippen molar-refractivity contribution >= 4 is 11.9 Å². The van der Waals surface area contributed by atoms with Crippen molar-refractivity contribution in [2.45, 2.75) is 31.7 Å². The Kier molecular flexibility index (Phi) is 7.27. The highest BCUT2D eigenvalue weighted by atomic mass is 16.4. The monoisotopic (exact) mass is 214 g/mol. The summed E-state index contributed by atoms with van der Waals surface area (Å²) in [6.45, 7) is 3.96. The fourth-order valence-corrected chi connectivity index (χ4v) is 1.03. The lowest BCUT2D eigenvalue weighted by atomic mass is 10.2. The van der Waals surface area contributed by atoms with Crippen molar-refractivity contribution in [3.63, 3.8) is 0 Å². The van der Waals surface area contributed by atoms with Crippen LogP contribution in [0.25, 0.3) is 0 Å². The maximum absolute atomic E-state index is 11.2. The van der Waals surface area contributed by atoms with Gasteiger partial charge in [0.15, 0.2) is 0 Å². The number of rotatable bonds is 8. The third-order valence-electron chi connectivity index (χ3n) is 1.87. The molecule has 1 amide bonds. The van der Waals surface area contributed by atoms with Gasteiger partial charge in [-0.1, -0.05) is 6.08 Å². The van der Waals surface area contributed by atoms with E-state index in [1.807, 2.05) is 0 Å². The molecule has 86 valence electrons. The van der Waals surface area contributed by atoms with Crippen LogP contribution >= 0.6 is 0 Å². The summed E-state index contributed by atoms with van der Waals surface area (Å²) in [5.74, 6) is -1.03. The second-order valence-corrected chi connectivity index (χ2v) is 3.27. The Balaban J connectivity index is 3.46. The number of carboxylic acids is 1. The number of nitrogens with one attached hydrogen (secondary N) is 1. The maximum Gasteiger partial charge on any atom is 0.303 e. The highest BCUT2D eigenvalue weighted by Gasteiger charge is 2.09. The topological polar surface area (TPSA) is 92.4 Å². The Bertz CT molecular complexity index is 229. The molecule has 0 aromatic rings. The van der Waals surface area contributed by atoms with Gasteiger partial charge < -0.3 is 16.2 Å². The minimum Gasteiger partial charge on any atom is -0.481 e. The molecular formula is C10H18N2O3. The first kappa shape index (κ1) is 13.6. The maximum atomic E-state index is 11.2. The average Bonchev–Trinajstić information content (AvgIpc) is 2.16. The molecule has 0 spiro atoms. The minimum absolute atomic E-state index is 0.134. The lowest BCUT2D eigenvalue weighted by Crippen LogP contribution is -2.40. The largest absolute Gasteiger partial charge is 0.481 e. The Hall–Kier alpha value is -1.36. The lowest BCUT2D eigenvalue weighted by molar-refractivity contribution is -0.137. The van der Waals surface area contributed by atoms with Crippen molar-refractivity contribution in [3.8, 4) is 0 Å². The van der Waals surface area contributed by atoms with Crippen LogP contribution in [-0.2, 0) is 9.59 Å². The van der Waals surface area contributed by atoms with Gasteiger partial charge in [-0.3, -0.25) is 9.59 Å².